The number of benzene rings is 1. The summed E-state index contributed by atoms with van der Waals surface area (Å²) in [5.41, 5.74) is -1.32. The zero-order valence-corrected chi connectivity index (χ0v) is 11.7. The SMILES string of the molecule is N#CC1(NC(=O)COc2cc(F)ccc2[N+](=O)[O-])CCCC1. The highest BCUT2D eigenvalue weighted by Crippen LogP contribution is 2.29. The monoisotopic (exact) mass is 307 g/mol. The Balaban J connectivity index is 2.01. The summed E-state index contributed by atoms with van der Waals surface area (Å²) in [7, 11) is 0. The van der Waals surface area contributed by atoms with E-state index in [1.807, 2.05) is 0 Å². The molecule has 2 rings (SSSR count). The zero-order valence-electron chi connectivity index (χ0n) is 11.7. The van der Waals surface area contributed by atoms with Crippen LogP contribution in [0.15, 0.2) is 18.2 Å². The van der Waals surface area contributed by atoms with Gasteiger partial charge in [-0.25, -0.2) is 4.39 Å². The first kappa shape index (κ1) is 15.7. The van der Waals surface area contributed by atoms with Gasteiger partial charge in [-0.05, 0) is 31.7 Å². The summed E-state index contributed by atoms with van der Waals surface area (Å²) >= 11 is 0. The van der Waals surface area contributed by atoms with Gasteiger partial charge < -0.3 is 10.1 Å². The van der Waals surface area contributed by atoms with Crippen LogP contribution >= 0.6 is 0 Å². The van der Waals surface area contributed by atoms with Crippen molar-refractivity contribution in [3.8, 4) is 11.8 Å². The van der Waals surface area contributed by atoms with Crippen LogP contribution in [0.3, 0.4) is 0 Å². The fourth-order valence-corrected chi connectivity index (χ4v) is 2.44. The lowest BCUT2D eigenvalue weighted by Gasteiger charge is -2.21. The summed E-state index contributed by atoms with van der Waals surface area (Å²) < 4.78 is 18.2. The fraction of sp³-hybridized carbons (Fsp3) is 0.429. The number of hydrogen-bond donors (Lipinski definition) is 1. The normalized spacial score (nSPS) is 15.8. The number of nitro groups is 1. The number of rotatable bonds is 5. The molecular weight excluding hydrogens is 293 g/mol. The van der Waals surface area contributed by atoms with Gasteiger partial charge in [-0.2, -0.15) is 5.26 Å². The molecule has 0 heterocycles. The van der Waals surface area contributed by atoms with Gasteiger partial charge in [0.1, 0.15) is 11.4 Å². The molecule has 0 atom stereocenters. The Morgan fingerprint density at radius 2 is 2.18 bits per heavy atom. The lowest BCUT2D eigenvalue weighted by atomic mass is 10.00. The van der Waals surface area contributed by atoms with Crippen molar-refractivity contribution in [3.05, 3.63) is 34.1 Å². The molecule has 1 saturated carbocycles. The van der Waals surface area contributed by atoms with Gasteiger partial charge in [0.25, 0.3) is 5.91 Å². The van der Waals surface area contributed by atoms with Gasteiger partial charge in [-0.1, -0.05) is 0 Å². The van der Waals surface area contributed by atoms with Gasteiger partial charge in [0.05, 0.1) is 11.0 Å². The van der Waals surface area contributed by atoms with Crippen LogP contribution in [0.5, 0.6) is 5.75 Å². The van der Waals surface area contributed by atoms with Crippen LogP contribution in [-0.2, 0) is 4.79 Å². The molecule has 0 spiro atoms. The summed E-state index contributed by atoms with van der Waals surface area (Å²) in [6.07, 6.45) is 2.83. The Bertz CT molecular complexity index is 635. The van der Waals surface area contributed by atoms with E-state index in [0.717, 1.165) is 31.0 Å². The van der Waals surface area contributed by atoms with E-state index in [0.29, 0.717) is 12.8 Å². The number of nitrogens with zero attached hydrogens (tertiary/aromatic N) is 2. The van der Waals surface area contributed by atoms with Crippen LogP contribution in [0.2, 0.25) is 0 Å². The van der Waals surface area contributed by atoms with E-state index in [1.165, 1.54) is 0 Å². The predicted molar refractivity (Wildman–Crippen MR) is 73.5 cm³/mol. The number of nitrogens with one attached hydrogen (secondary N) is 1. The van der Waals surface area contributed by atoms with Crippen LogP contribution in [0.25, 0.3) is 0 Å². The van der Waals surface area contributed by atoms with Gasteiger partial charge in [-0.3, -0.25) is 14.9 Å². The lowest BCUT2D eigenvalue weighted by Crippen LogP contribution is -2.47. The number of carbonyl (C=O) groups is 1. The molecule has 1 aliphatic rings. The standard InChI is InChI=1S/C14H14FN3O4/c15-10-3-4-11(18(20)21)12(7-10)22-8-13(19)17-14(9-16)5-1-2-6-14/h3-4,7H,1-2,5-6,8H2,(H,17,19). The molecule has 0 saturated heterocycles. The third kappa shape index (κ3) is 3.49. The Hall–Kier alpha value is -2.69. The molecule has 22 heavy (non-hydrogen) atoms. The lowest BCUT2D eigenvalue weighted by molar-refractivity contribution is -0.385. The van der Waals surface area contributed by atoms with E-state index in [9.17, 15) is 19.3 Å². The Labute approximate surface area is 125 Å². The smallest absolute Gasteiger partial charge is 0.311 e. The first-order valence-electron chi connectivity index (χ1n) is 6.75. The quantitative estimate of drug-likeness (QED) is 0.662. The number of ether oxygens (including phenoxy) is 1. The molecule has 1 amide bonds. The highest BCUT2D eigenvalue weighted by atomic mass is 19.1. The van der Waals surface area contributed by atoms with Gasteiger partial charge in [0.2, 0.25) is 5.75 Å². The first-order chi connectivity index (χ1) is 10.5. The third-order valence-electron chi connectivity index (χ3n) is 3.53. The molecule has 0 bridgehead atoms. The van der Waals surface area contributed by atoms with E-state index < -0.39 is 34.5 Å². The van der Waals surface area contributed by atoms with E-state index in [2.05, 4.69) is 11.4 Å². The molecule has 0 aromatic heterocycles. The molecular formula is C14H14FN3O4. The second kappa shape index (κ2) is 6.39. The van der Waals surface area contributed by atoms with Gasteiger partial charge in [0, 0.05) is 12.1 Å². The average Bonchev–Trinajstić information content (AvgIpc) is 2.94. The van der Waals surface area contributed by atoms with Crippen molar-refractivity contribution < 1.29 is 18.8 Å². The van der Waals surface area contributed by atoms with Gasteiger partial charge >= 0.3 is 5.69 Å². The molecule has 1 aliphatic carbocycles. The summed E-state index contributed by atoms with van der Waals surface area (Å²) in [4.78, 5) is 21.9. The maximum atomic E-state index is 13.1. The van der Waals surface area contributed by atoms with Crippen LogP contribution in [0.4, 0.5) is 10.1 Å². The second-order valence-corrected chi connectivity index (χ2v) is 5.11. The zero-order chi connectivity index (χ0) is 16.2. The molecule has 0 unspecified atom stereocenters. The van der Waals surface area contributed by atoms with E-state index in [4.69, 9.17) is 10.00 Å². The number of nitriles is 1. The Morgan fingerprint density at radius 1 is 1.50 bits per heavy atom. The molecule has 1 aromatic rings. The highest BCUT2D eigenvalue weighted by molar-refractivity contribution is 5.79. The fourth-order valence-electron chi connectivity index (χ4n) is 2.44. The molecule has 1 aromatic carbocycles. The minimum Gasteiger partial charge on any atom is -0.477 e. The Kier molecular flexibility index (Phi) is 4.56. The van der Waals surface area contributed by atoms with Crippen LogP contribution in [0.1, 0.15) is 25.7 Å². The molecule has 0 radical (unpaired) electrons. The van der Waals surface area contributed by atoms with Gasteiger partial charge in [0.15, 0.2) is 6.61 Å². The summed E-state index contributed by atoms with van der Waals surface area (Å²) in [5.74, 6) is -1.59. The largest absolute Gasteiger partial charge is 0.477 e. The maximum absolute atomic E-state index is 13.1. The minimum atomic E-state index is -0.895. The van der Waals surface area contributed by atoms with Crippen molar-refractivity contribution in [3.63, 3.8) is 0 Å². The molecule has 0 aliphatic heterocycles. The minimum absolute atomic E-state index is 0.322. The number of hydrogen-bond acceptors (Lipinski definition) is 5. The highest BCUT2D eigenvalue weighted by Gasteiger charge is 2.35. The molecule has 116 valence electrons. The number of carbonyl (C=O) groups excluding carboxylic acids is 1. The molecule has 1 N–H and O–H groups in total. The molecule has 1 fully saturated rings. The van der Waals surface area contributed by atoms with Crippen LogP contribution < -0.4 is 10.1 Å². The number of amides is 1. The Morgan fingerprint density at radius 3 is 2.77 bits per heavy atom. The predicted octanol–water partition coefficient (Wildman–Crippen LogP) is 2.07. The first-order valence-corrected chi connectivity index (χ1v) is 6.75. The van der Waals surface area contributed by atoms with Crippen molar-refractivity contribution in [1.82, 2.24) is 5.32 Å². The van der Waals surface area contributed by atoms with E-state index in [1.54, 1.807) is 0 Å². The summed E-state index contributed by atoms with van der Waals surface area (Å²) in [6, 6.07) is 4.85. The van der Waals surface area contributed by atoms with Crippen molar-refractivity contribution >= 4 is 11.6 Å². The summed E-state index contributed by atoms with van der Waals surface area (Å²) in [6.45, 7) is -0.520. The summed E-state index contributed by atoms with van der Waals surface area (Å²) in [5, 5.41) is 22.6. The second-order valence-electron chi connectivity index (χ2n) is 5.11. The van der Waals surface area contributed by atoms with Gasteiger partial charge in [-0.15, -0.1) is 0 Å². The van der Waals surface area contributed by atoms with Crippen LogP contribution in [0, 0.1) is 27.3 Å². The topological polar surface area (TPSA) is 105 Å². The molecule has 8 heteroatoms. The number of halogens is 1. The van der Waals surface area contributed by atoms with Crippen molar-refractivity contribution in [2.75, 3.05) is 6.61 Å². The van der Waals surface area contributed by atoms with Crippen molar-refractivity contribution in [2.24, 2.45) is 0 Å². The van der Waals surface area contributed by atoms with E-state index in [-0.39, 0.29) is 5.75 Å². The average molecular weight is 307 g/mol. The number of nitro benzene ring substituents is 1. The van der Waals surface area contributed by atoms with E-state index >= 15 is 0 Å². The van der Waals surface area contributed by atoms with Crippen molar-refractivity contribution in [1.29, 1.82) is 5.26 Å². The third-order valence-corrected chi connectivity index (χ3v) is 3.53. The molecule has 7 nitrogen and oxygen atoms in total. The maximum Gasteiger partial charge on any atom is 0.311 e. The van der Waals surface area contributed by atoms with Crippen LogP contribution in [-0.4, -0.2) is 23.0 Å². The van der Waals surface area contributed by atoms with Crippen molar-refractivity contribution in [2.45, 2.75) is 31.2 Å².